The van der Waals surface area contributed by atoms with Crippen LogP contribution < -0.4 is 0 Å². The number of likely N-dealkylation sites (N-methyl/N-ethyl adjacent to an activating group) is 1. The van der Waals surface area contributed by atoms with Gasteiger partial charge in [0.2, 0.25) is 10.0 Å². The van der Waals surface area contributed by atoms with E-state index < -0.39 is 16.1 Å². The molecule has 1 aromatic rings. The molecule has 1 rings (SSSR count). The van der Waals surface area contributed by atoms with E-state index in [-0.39, 0.29) is 18.0 Å². The number of aryl methyl sites for hydroxylation is 1. The highest BCUT2D eigenvalue weighted by Crippen LogP contribution is 2.20. The fourth-order valence-corrected chi connectivity index (χ4v) is 3.23. The summed E-state index contributed by atoms with van der Waals surface area (Å²) in [5, 5.41) is 18.4. The van der Waals surface area contributed by atoms with Crippen LogP contribution in [0.5, 0.6) is 0 Å². The number of sulfonamides is 1. The van der Waals surface area contributed by atoms with Crippen molar-refractivity contribution in [2.24, 2.45) is 0 Å². The highest BCUT2D eigenvalue weighted by molar-refractivity contribution is 7.89. The van der Waals surface area contributed by atoms with Crippen LogP contribution in [0.15, 0.2) is 23.1 Å². The third kappa shape index (κ3) is 3.77. The van der Waals surface area contributed by atoms with Crippen molar-refractivity contribution in [3.05, 3.63) is 29.3 Å². The van der Waals surface area contributed by atoms with Gasteiger partial charge in [0.05, 0.1) is 29.2 Å². The number of hydrogen-bond donors (Lipinski definition) is 1. The predicted octanol–water partition coefficient (Wildman–Crippen LogP) is 0.495. The van der Waals surface area contributed by atoms with E-state index in [2.05, 4.69) is 0 Å². The molecular weight excluding hydrogens is 280 g/mol. The molecule has 0 saturated heterocycles. The van der Waals surface area contributed by atoms with Crippen molar-refractivity contribution in [2.75, 3.05) is 27.3 Å². The van der Waals surface area contributed by atoms with Gasteiger partial charge in [-0.25, -0.2) is 8.42 Å². The molecule has 6 nitrogen and oxygen atoms in total. The first-order valence-electron chi connectivity index (χ1n) is 5.97. The van der Waals surface area contributed by atoms with Gasteiger partial charge < -0.3 is 9.84 Å². The Morgan fingerprint density at radius 2 is 2.15 bits per heavy atom. The molecule has 0 bridgehead atoms. The summed E-state index contributed by atoms with van der Waals surface area (Å²) in [6.45, 7) is 1.63. The number of aliphatic hydroxyl groups excluding tert-OH is 1. The second-order valence-corrected chi connectivity index (χ2v) is 6.50. The van der Waals surface area contributed by atoms with E-state index in [1.54, 1.807) is 6.92 Å². The summed E-state index contributed by atoms with van der Waals surface area (Å²) in [5.41, 5.74) is 0.903. The van der Waals surface area contributed by atoms with Crippen molar-refractivity contribution in [2.45, 2.75) is 17.9 Å². The van der Waals surface area contributed by atoms with Crippen molar-refractivity contribution >= 4 is 10.0 Å². The van der Waals surface area contributed by atoms with Crippen LogP contribution in [-0.2, 0) is 14.8 Å². The van der Waals surface area contributed by atoms with Crippen molar-refractivity contribution in [1.82, 2.24) is 4.31 Å². The molecule has 20 heavy (non-hydrogen) atoms. The molecule has 0 spiro atoms. The van der Waals surface area contributed by atoms with E-state index in [9.17, 15) is 13.5 Å². The number of aliphatic hydroxyl groups is 1. The van der Waals surface area contributed by atoms with E-state index in [4.69, 9.17) is 10.00 Å². The van der Waals surface area contributed by atoms with Crippen LogP contribution in [0.2, 0.25) is 0 Å². The SMILES string of the molecule is COCC(O)CN(C)S(=O)(=O)c1ccc(C#N)cc1C. The van der Waals surface area contributed by atoms with Crippen LogP contribution in [0.1, 0.15) is 11.1 Å². The molecule has 110 valence electrons. The second kappa shape index (κ2) is 6.81. The first-order chi connectivity index (χ1) is 9.32. The number of hydrogen-bond acceptors (Lipinski definition) is 5. The van der Waals surface area contributed by atoms with Crippen molar-refractivity contribution < 1.29 is 18.3 Å². The topological polar surface area (TPSA) is 90.6 Å². The minimum Gasteiger partial charge on any atom is -0.389 e. The van der Waals surface area contributed by atoms with Gasteiger partial charge in [-0.2, -0.15) is 9.57 Å². The Balaban J connectivity index is 3.02. The summed E-state index contributed by atoms with van der Waals surface area (Å²) >= 11 is 0. The Labute approximate surface area is 119 Å². The average molecular weight is 298 g/mol. The Kier molecular flexibility index (Phi) is 5.65. The lowest BCUT2D eigenvalue weighted by Crippen LogP contribution is -2.36. The van der Waals surface area contributed by atoms with Gasteiger partial charge in [0.1, 0.15) is 0 Å². The zero-order valence-electron chi connectivity index (χ0n) is 11.7. The van der Waals surface area contributed by atoms with Gasteiger partial charge in [-0.15, -0.1) is 0 Å². The Morgan fingerprint density at radius 1 is 1.50 bits per heavy atom. The van der Waals surface area contributed by atoms with E-state index in [0.29, 0.717) is 11.1 Å². The van der Waals surface area contributed by atoms with E-state index in [1.165, 1.54) is 32.4 Å². The van der Waals surface area contributed by atoms with Crippen LogP contribution in [0, 0.1) is 18.3 Å². The summed E-state index contributed by atoms with van der Waals surface area (Å²) in [6.07, 6.45) is -0.890. The molecule has 0 aliphatic rings. The van der Waals surface area contributed by atoms with Gasteiger partial charge >= 0.3 is 0 Å². The molecule has 0 aliphatic heterocycles. The molecule has 1 atom stereocenters. The van der Waals surface area contributed by atoms with Gasteiger partial charge in [0.15, 0.2) is 0 Å². The lowest BCUT2D eigenvalue weighted by molar-refractivity contribution is 0.0554. The van der Waals surface area contributed by atoms with Crippen LogP contribution in [0.25, 0.3) is 0 Å². The highest BCUT2D eigenvalue weighted by Gasteiger charge is 2.24. The highest BCUT2D eigenvalue weighted by atomic mass is 32.2. The predicted molar refractivity (Wildman–Crippen MR) is 73.6 cm³/mol. The van der Waals surface area contributed by atoms with Crippen LogP contribution in [0.4, 0.5) is 0 Å². The number of nitrogens with zero attached hydrogens (tertiary/aromatic N) is 2. The third-order valence-electron chi connectivity index (χ3n) is 2.82. The number of nitriles is 1. The maximum atomic E-state index is 12.4. The molecule has 1 N–H and O–H groups in total. The molecule has 0 radical (unpaired) electrons. The van der Waals surface area contributed by atoms with Crippen molar-refractivity contribution in [3.8, 4) is 6.07 Å². The van der Waals surface area contributed by atoms with Crippen LogP contribution in [0.3, 0.4) is 0 Å². The quantitative estimate of drug-likeness (QED) is 0.825. The average Bonchev–Trinajstić information content (AvgIpc) is 2.38. The maximum Gasteiger partial charge on any atom is 0.243 e. The molecule has 0 aromatic heterocycles. The number of benzene rings is 1. The molecule has 1 unspecified atom stereocenters. The molecule has 0 fully saturated rings. The standard InChI is InChI=1S/C13H18N2O4S/c1-10-6-11(7-14)4-5-13(10)20(17,18)15(2)8-12(16)9-19-3/h4-6,12,16H,8-9H2,1-3H3. The molecule has 0 amide bonds. The lowest BCUT2D eigenvalue weighted by atomic mass is 10.2. The van der Waals surface area contributed by atoms with Crippen molar-refractivity contribution in [1.29, 1.82) is 5.26 Å². The first kappa shape index (κ1) is 16.6. The fraction of sp³-hybridized carbons (Fsp3) is 0.462. The third-order valence-corrected chi connectivity index (χ3v) is 4.80. The van der Waals surface area contributed by atoms with Gasteiger partial charge in [0.25, 0.3) is 0 Å². The molecule has 0 saturated carbocycles. The Bertz CT molecular complexity index is 607. The molecule has 1 aromatic carbocycles. The Morgan fingerprint density at radius 3 is 2.65 bits per heavy atom. The lowest BCUT2D eigenvalue weighted by Gasteiger charge is -2.21. The summed E-state index contributed by atoms with van der Waals surface area (Å²) in [4.78, 5) is 0.128. The monoisotopic (exact) mass is 298 g/mol. The zero-order chi connectivity index (χ0) is 15.3. The van der Waals surface area contributed by atoms with Crippen LogP contribution in [-0.4, -0.2) is 51.2 Å². The largest absolute Gasteiger partial charge is 0.389 e. The Hall–Kier alpha value is -1.46. The molecular formula is C13H18N2O4S. The van der Waals surface area contributed by atoms with Crippen molar-refractivity contribution in [3.63, 3.8) is 0 Å². The maximum absolute atomic E-state index is 12.4. The van der Waals surface area contributed by atoms with Gasteiger partial charge in [0, 0.05) is 20.7 Å². The van der Waals surface area contributed by atoms with Gasteiger partial charge in [-0.1, -0.05) is 0 Å². The van der Waals surface area contributed by atoms with E-state index in [1.807, 2.05) is 6.07 Å². The smallest absolute Gasteiger partial charge is 0.243 e. The minimum absolute atomic E-state index is 0.0599. The van der Waals surface area contributed by atoms with E-state index >= 15 is 0 Å². The van der Waals surface area contributed by atoms with Gasteiger partial charge in [-0.05, 0) is 30.7 Å². The van der Waals surface area contributed by atoms with Gasteiger partial charge in [-0.3, -0.25) is 0 Å². The first-order valence-corrected chi connectivity index (χ1v) is 7.41. The molecule has 7 heteroatoms. The summed E-state index contributed by atoms with van der Waals surface area (Å²) < 4.78 is 30.6. The summed E-state index contributed by atoms with van der Waals surface area (Å²) in [5.74, 6) is 0. The van der Waals surface area contributed by atoms with Crippen LogP contribution >= 0.6 is 0 Å². The van der Waals surface area contributed by atoms with E-state index in [0.717, 1.165) is 4.31 Å². The minimum atomic E-state index is -3.70. The molecule has 0 aliphatic carbocycles. The second-order valence-electron chi connectivity index (χ2n) is 4.49. The zero-order valence-corrected chi connectivity index (χ0v) is 12.5. The molecule has 0 heterocycles. The number of ether oxygens (including phenoxy) is 1. The summed E-state index contributed by atoms with van der Waals surface area (Å²) in [6, 6.07) is 6.34. The summed E-state index contributed by atoms with van der Waals surface area (Å²) in [7, 11) is -0.872. The normalized spacial score (nSPS) is 13.2. The fourth-order valence-electron chi connectivity index (χ4n) is 1.82. The number of rotatable bonds is 6. The number of methoxy groups -OCH3 is 1.